The van der Waals surface area contributed by atoms with E-state index in [1.54, 1.807) is 12.3 Å². The van der Waals surface area contributed by atoms with Crippen molar-refractivity contribution < 1.29 is 9.32 Å². The average Bonchev–Trinajstić information content (AvgIpc) is 3.17. The molecule has 1 N–H and O–H groups in total. The summed E-state index contributed by atoms with van der Waals surface area (Å²) >= 11 is 0. The van der Waals surface area contributed by atoms with Crippen LogP contribution >= 0.6 is 0 Å². The van der Waals surface area contributed by atoms with E-state index in [0.29, 0.717) is 12.2 Å². The molecule has 1 atom stereocenters. The van der Waals surface area contributed by atoms with Gasteiger partial charge in [-0.1, -0.05) is 17.3 Å². The molecule has 6 heteroatoms. The van der Waals surface area contributed by atoms with Crippen LogP contribution in [0.5, 0.6) is 0 Å². The molecule has 6 nitrogen and oxygen atoms in total. The van der Waals surface area contributed by atoms with Crippen molar-refractivity contribution in [2.45, 2.75) is 33.2 Å². The number of aryl methyl sites for hydroxylation is 2. The molecule has 0 fully saturated rings. The highest BCUT2D eigenvalue weighted by molar-refractivity contribution is 5.91. The highest BCUT2D eigenvalue weighted by Gasteiger charge is 2.14. The van der Waals surface area contributed by atoms with Crippen LogP contribution in [0.2, 0.25) is 0 Å². The zero-order chi connectivity index (χ0) is 17.1. The minimum absolute atomic E-state index is 0.00356. The van der Waals surface area contributed by atoms with E-state index in [4.69, 9.17) is 4.52 Å². The van der Waals surface area contributed by atoms with Gasteiger partial charge in [0.2, 0.25) is 5.91 Å². The van der Waals surface area contributed by atoms with Crippen LogP contribution in [-0.4, -0.2) is 20.8 Å². The van der Waals surface area contributed by atoms with E-state index in [1.807, 2.05) is 55.8 Å². The smallest absolute Gasteiger partial charge is 0.226 e. The maximum Gasteiger partial charge on any atom is 0.226 e. The summed E-state index contributed by atoms with van der Waals surface area (Å²) in [4.78, 5) is 12.3. The van der Waals surface area contributed by atoms with E-state index in [0.717, 1.165) is 22.6 Å². The van der Waals surface area contributed by atoms with Gasteiger partial charge in [-0.25, -0.2) is 0 Å². The molecule has 0 aliphatic carbocycles. The predicted octanol–water partition coefficient (Wildman–Crippen LogP) is 3.74. The van der Waals surface area contributed by atoms with E-state index >= 15 is 0 Å². The Balaban J connectivity index is 1.67. The molecule has 0 bridgehead atoms. The van der Waals surface area contributed by atoms with E-state index in [9.17, 15) is 4.79 Å². The summed E-state index contributed by atoms with van der Waals surface area (Å²) in [5, 5.41) is 11.1. The molecule has 0 aliphatic heterocycles. The predicted molar refractivity (Wildman–Crippen MR) is 91.6 cm³/mol. The van der Waals surface area contributed by atoms with Gasteiger partial charge in [0.15, 0.2) is 5.76 Å². The number of carbonyl (C=O) groups is 1. The van der Waals surface area contributed by atoms with Gasteiger partial charge < -0.3 is 9.84 Å². The van der Waals surface area contributed by atoms with Crippen LogP contribution in [0.3, 0.4) is 0 Å². The van der Waals surface area contributed by atoms with Gasteiger partial charge in [-0.15, -0.1) is 0 Å². The summed E-state index contributed by atoms with van der Waals surface area (Å²) in [5.41, 5.74) is 3.62. The van der Waals surface area contributed by atoms with Crippen LogP contribution < -0.4 is 5.32 Å². The van der Waals surface area contributed by atoms with Gasteiger partial charge in [0, 0.05) is 29.4 Å². The van der Waals surface area contributed by atoms with Crippen molar-refractivity contribution in [1.82, 2.24) is 14.9 Å². The van der Waals surface area contributed by atoms with Gasteiger partial charge in [-0.2, -0.15) is 5.10 Å². The molecule has 1 aromatic carbocycles. The van der Waals surface area contributed by atoms with Crippen molar-refractivity contribution >= 4 is 11.6 Å². The second-order valence-electron chi connectivity index (χ2n) is 5.93. The number of hydrogen-bond acceptors (Lipinski definition) is 4. The normalized spacial score (nSPS) is 12.1. The van der Waals surface area contributed by atoms with Gasteiger partial charge in [0.05, 0.1) is 17.9 Å². The minimum atomic E-state index is -0.0511. The van der Waals surface area contributed by atoms with Gasteiger partial charge in [-0.05, 0) is 39.0 Å². The molecule has 0 saturated heterocycles. The number of rotatable bonds is 5. The lowest BCUT2D eigenvalue weighted by atomic mass is 10.1. The summed E-state index contributed by atoms with van der Waals surface area (Å²) in [5.74, 6) is 0.617. The fourth-order valence-electron chi connectivity index (χ4n) is 2.77. The summed E-state index contributed by atoms with van der Waals surface area (Å²) in [6.07, 6.45) is 1.95. The molecule has 3 rings (SSSR count). The third kappa shape index (κ3) is 3.53. The van der Waals surface area contributed by atoms with Crippen LogP contribution in [0.1, 0.15) is 30.8 Å². The second-order valence-corrected chi connectivity index (χ2v) is 5.93. The Morgan fingerprint density at radius 2 is 2.12 bits per heavy atom. The Morgan fingerprint density at radius 3 is 2.79 bits per heavy atom. The largest absolute Gasteiger partial charge is 0.356 e. The molecule has 0 spiro atoms. The Bertz CT molecular complexity index is 837. The molecule has 2 aromatic heterocycles. The van der Waals surface area contributed by atoms with Crippen molar-refractivity contribution in [2.24, 2.45) is 0 Å². The molecule has 1 amide bonds. The first-order valence-electron chi connectivity index (χ1n) is 7.86. The second kappa shape index (κ2) is 6.70. The van der Waals surface area contributed by atoms with Crippen molar-refractivity contribution in [3.05, 3.63) is 54.0 Å². The molecule has 0 unspecified atom stereocenters. The molecular weight excluding hydrogens is 304 g/mol. The first-order chi connectivity index (χ1) is 11.5. The maximum absolute atomic E-state index is 12.3. The molecule has 124 valence electrons. The lowest BCUT2D eigenvalue weighted by Gasteiger charge is -2.14. The Morgan fingerprint density at radius 1 is 1.29 bits per heavy atom. The van der Waals surface area contributed by atoms with Crippen molar-refractivity contribution in [2.75, 3.05) is 5.32 Å². The Hall–Kier alpha value is -2.89. The van der Waals surface area contributed by atoms with Crippen LogP contribution in [0.25, 0.3) is 11.3 Å². The number of hydrogen-bond donors (Lipinski definition) is 1. The van der Waals surface area contributed by atoms with Gasteiger partial charge in [-0.3, -0.25) is 9.48 Å². The number of aromatic nitrogens is 3. The Labute approximate surface area is 140 Å². The number of anilines is 1. The molecule has 2 heterocycles. The van der Waals surface area contributed by atoms with Gasteiger partial charge >= 0.3 is 0 Å². The molecule has 0 aliphatic rings. The zero-order valence-electron chi connectivity index (χ0n) is 14.0. The number of nitrogens with zero attached hydrogens (tertiary/aromatic N) is 3. The van der Waals surface area contributed by atoms with Gasteiger partial charge in [0.1, 0.15) is 0 Å². The van der Waals surface area contributed by atoms with Crippen LogP contribution in [-0.2, 0) is 4.79 Å². The number of amides is 1. The van der Waals surface area contributed by atoms with E-state index in [1.165, 1.54) is 0 Å². The summed E-state index contributed by atoms with van der Waals surface area (Å²) in [6, 6.07) is 11.3. The first-order valence-corrected chi connectivity index (χ1v) is 7.86. The topological polar surface area (TPSA) is 73.0 Å². The molecule has 0 radical (unpaired) electrons. The van der Waals surface area contributed by atoms with Crippen LogP contribution in [0.15, 0.2) is 47.1 Å². The van der Waals surface area contributed by atoms with Crippen molar-refractivity contribution in [3.8, 4) is 11.3 Å². The molecule has 3 aromatic rings. The molecular formula is C18H20N4O2. The Kier molecular flexibility index (Phi) is 4.46. The van der Waals surface area contributed by atoms with Gasteiger partial charge in [0.25, 0.3) is 0 Å². The minimum Gasteiger partial charge on any atom is -0.356 e. The summed E-state index contributed by atoms with van der Waals surface area (Å²) in [6.45, 7) is 5.94. The average molecular weight is 324 g/mol. The lowest BCUT2D eigenvalue weighted by molar-refractivity contribution is -0.116. The van der Waals surface area contributed by atoms with E-state index < -0.39 is 0 Å². The third-order valence-electron chi connectivity index (χ3n) is 3.81. The van der Waals surface area contributed by atoms with E-state index in [-0.39, 0.29) is 11.9 Å². The number of nitrogens with one attached hydrogen (secondary N) is 1. The fourth-order valence-corrected chi connectivity index (χ4v) is 2.77. The summed E-state index contributed by atoms with van der Waals surface area (Å²) < 4.78 is 7.03. The SMILES string of the molecule is Cc1cc(C)n([C@@H](C)CC(=O)Nc2cccc(-c3ccno3)c2)n1. The monoisotopic (exact) mass is 324 g/mol. The fraction of sp³-hybridized carbons (Fsp3) is 0.278. The quantitative estimate of drug-likeness (QED) is 0.776. The standard InChI is InChI=1S/C18H20N4O2/c1-12-9-13(2)22(21-12)14(3)10-18(23)20-16-6-4-5-15(11-16)17-7-8-19-24-17/h4-9,11,14H,10H2,1-3H3,(H,20,23)/t14-/m0/s1. The van der Waals surface area contributed by atoms with Crippen molar-refractivity contribution in [1.29, 1.82) is 0 Å². The highest BCUT2D eigenvalue weighted by Crippen LogP contribution is 2.22. The van der Waals surface area contributed by atoms with Crippen LogP contribution in [0.4, 0.5) is 5.69 Å². The zero-order valence-corrected chi connectivity index (χ0v) is 14.0. The maximum atomic E-state index is 12.3. The third-order valence-corrected chi connectivity index (χ3v) is 3.81. The summed E-state index contributed by atoms with van der Waals surface area (Å²) in [7, 11) is 0. The number of benzene rings is 1. The lowest BCUT2D eigenvalue weighted by Crippen LogP contribution is -2.19. The van der Waals surface area contributed by atoms with Crippen LogP contribution in [0, 0.1) is 13.8 Å². The van der Waals surface area contributed by atoms with E-state index in [2.05, 4.69) is 15.6 Å². The van der Waals surface area contributed by atoms with Crippen molar-refractivity contribution in [3.63, 3.8) is 0 Å². The first kappa shape index (κ1) is 16.0. The number of carbonyl (C=O) groups excluding carboxylic acids is 1. The highest BCUT2D eigenvalue weighted by atomic mass is 16.5. The molecule has 0 saturated carbocycles. The molecule has 24 heavy (non-hydrogen) atoms.